The molecule has 0 bridgehead atoms. The molecule has 0 saturated carbocycles. The zero-order valence-electron chi connectivity index (χ0n) is 20.4. The smallest absolute Gasteiger partial charge is 0.240 e. The van der Waals surface area contributed by atoms with Crippen LogP contribution in [0.2, 0.25) is 0 Å². The SMILES string of the molecule is CC(=O)N1N=C(c2c(C)nc3ccc(C)cc3c2-c2ccccc2)C[C@@H]1c1ccc2nccnc2c1. The van der Waals surface area contributed by atoms with Crippen molar-refractivity contribution in [1.29, 1.82) is 0 Å². The van der Waals surface area contributed by atoms with E-state index in [1.807, 2.05) is 43.3 Å². The van der Waals surface area contributed by atoms with Gasteiger partial charge in [0.25, 0.3) is 0 Å². The van der Waals surface area contributed by atoms with Crippen molar-refractivity contribution in [1.82, 2.24) is 20.0 Å². The molecule has 176 valence electrons. The molecular weight excluding hydrogens is 446 g/mol. The van der Waals surface area contributed by atoms with Gasteiger partial charge in [-0.25, -0.2) is 5.01 Å². The average Bonchev–Trinajstić information content (AvgIpc) is 3.34. The second-order valence-electron chi connectivity index (χ2n) is 9.27. The summed E-state index contributed by atoms with van der Waals surface area (Å²) in [5, 5.41) is 7.58. The lowest BCUT2D eigenvalue weighted by Crippen LogP contribution is -2.24. The van der Waals surface area contributed by atoms with Gasteiger partial charge in [0.2, 0.25) is 5.91 Å². The van der Waals surface area contributed by atoms with Crippen molar-refractivity contribution < 1.29 is 4.79 Å². The van der Waals surface area contributed by atoms with Crippen LogP contribution in [-0.2, 0) is 4.79 Å². The molecule has 3 aromatic carbocycles. The number of hydrazone groups is 1. The fourth-order valence-corrected chi connectivity index (χ4v) is 5.16. The number of aromatic nitrogens is 3. The van der Waals surface area contributed by atoms with Crippen LogP contribution in [0.3, 0.4) is 0 Å². The van der Waals surface area contributed by atoms with Crippen LogP contribution in [0.5, 0.6) is 0 Å². The van der Waals surface area contributed by atoms with E-state index in [0.717, 1.165) is 55.6 Å². The fraction of sp³-hybridized carbons (Fsp3) is 0.167. The molecule has 0 radical (unpaired) electrons. The second kappa shape index (κ2) is 8.64. The maximum absolute atomic E-state index is 12.7. The van der Waals surface area contributed by atoms with E-state index in [-0.39, 0.29) is 11.9 Å². The first-order chi connectivity index (χ1) is 17.5. The molecule has 6 nitrogen and oxygen atoms in total. The first-order valence-electron chi connectivity index (χ1n) is 12.0. The van der Waals surface area contributed by atoms with Crippen LogP contribution < -0.4 is 0 Å². The molecule has 0 N–H and O–H groups in total. The summed E-state index contributed by atoms with van der Waals surface area (Å²) in [5.41, 5.74) is 9.71. The molecule has 36 heavy (non-hydrogen) atoms. The lowest BCUT2D eigenvalue weighted by Gasteiger charge is -2.20. The van der Waals surface area contributed by atoms with E-state index in [9.17, 15) is 4.79 Å². The highest BCUT2D eigenvalue weighted by atomic mass is 16.2. The largest absolute Gasteiger partial charge is 0.273 e. The average molecular weight is 472 g/mol. The van der Waals surface area contributed by atoms with Crippen LogP contribution in [0.15, 0.2) is 84.2 Å². The molecule has 1 amide bonds. The molecule has 6 rings (SSSR count). The number of hydrogen-bond donors (Lipinski definition) is 0. The number of amides is 1. The first kappa shape index (κ1) is 22.0. The van der Waals surface area contributed by atoms with Gasteiger partial charge in [-0.3, -0.25) is 19.7 Å². The third kappa shape index (κ3) is 3.71. The van der Waals surface area contributed by atoms with Crippen molar-refractivity contribution in [2.75, 3.05) is 0 Å². The number of rotatable bonds is 3. The van der Waals surface area contributed by atoms with E-state index in [1.165, 1.54) is 5.56 Å². The Hall–Kier alpha value is -4.45. The number of carbonyl (C=O) groups is 1. The standard InChI is InChI=1S/C30H25N5O/c1-18-9-11-24-23(15-18)30(21-7-5-4-6-8-21)29(19(2)33-24)27-17-28(35(34-27)20(3)36)22-10-12-25-26(16-22)32-14-13-31-25/h4-16,28H,17H2,1-3H3/t28-/m1/s1. The minimum atomic E-state index is -0.222. The Balaban J connectivity index is 1.54. The number of fused-ring (bicyclic) bond motifs is 2. The molecule has 6 heteroatoms. The fourth-order valence-electron chi connectivity index (χ4n) is 5.16. The van der Waals surface area contributed by atoms with Gasteiger partial charge in [-0.2, -0.15) is 5.10 Å². The van der Waals surface area contributed by atoms with Gasteiger partial charge in [-0.05, 0) is 49.2 Å². The van der Waals surface area contributed by atoms with Gasteiger partial charge in [-0.1, -0.05) is 48.0 Å². The summed E-state index contributed by atoms with van der Waals surface area (Å²) in [6.45, 7) is 5.69. The van der Waals surface area contributed by atoms with Crippen molar-refractivity contribution in [3.05, 3.63) is 102 Å². The van der Waals surface area contributed by atoms with Crippen molar-refractivity contribution in [2.45, 2.75) is 33.2 Å². The molecule has 0 spiro atoms. The quantitative estimate of drug-likeness (QED) is 0.316. The second-order valence-corrected chi connectivity index (χ2v) is 9.27. The van der Waals surface area contributed by atoms with E-state index in [4.69, 9.17) is 10.1 Å². The Labute approximate surface area is 209 Å². The number of aryl methyl sites for hydroxylation is 2. The zero-order valence-corrected chi connectivity index (χ0v) is 20.4. The summed E-state index contributed by atoms with van der Waals surface area (Å²) < 4.78 is 0. The predicted octanol–water partition coefficient (Wildman–Crippen LogP) is 6.16. The highest BCUT2D eigenvalue weighted by Crippen LogP contribution is 2.39. The highest BCUT2D eigenvalue weighted by molar-refractivity contribution is 6.14. The van der Waals surface area contributed by atoms with Crippen LogP contribution in [0.4, 0.5) is 0 Å². The van der Waals surface area contributed by atoms with Gasteiger partial charge in [0.05, 0.1) is 28.3 Å². The van der Waals surface area contributed by atoms with Crippen LogP contribution >= 0.6 is 0 Å². The summed E-state index contributed by atoms with van der Waals surface area (Å²) in [6, 6.07) is 22.5. The third-order valence-electron chi connectivity index (χ3n) is 6.78. The van der Waals surface area contributed by atoms with Crippen LogP contribution in [-0.4, -0.2) is 31.6 Å². The predicted molar refractivity (Wildman–Crippen MR) is 143 cm³/mol. The molecule has 0 unspecified atom stereocenters. The molecule has 2 aromatic heterocycles. The molecular formula is C30H25N5O. The molecule has 1 atom stereocenters. The molecule has 0 aliphatic carbocycles. The van der Waals surface area contributed by atoms with Crippen molar-refractivity contribution in [3.63, 3.8) is 0 Å². The zero-order chi connectivity index (χ0) is 24.8. The lowest BCUT2D eigenvalue weighted by atomic mass is 9.89. The molecule has 3 heterocycles. The van der Waals surface area contributed by atoms with Crippen molar-refractivity contribution in [2.24, 2.45) is 5.10 Å². The van der Waals surface area contributed by atoms with Crippen LogP contribution in [0.25, 0.3) is 33.1 Å². The minimum absolute atomic E-state index is 0.0993. The summed E-state index contributed by atoms with van der Waals surface area (Å²) >= 11 is 0. The van der Waals surface area contributed by atoms with Crippen molar-refractivity contribution in [3.8, 4) is 11.1 Å². The number of benzene rings is 3. The summed E-state index contributed by atoms with van der Waals surface area (Å²) in [7, 11) is 0. The molecule has 1 aliphatic heterocycles. The van der Waals surface area contributed by atoms with E-state index in [0.29, 0.717) is 6.42 Å². The minimum Gasteiger partial charge on any atom is -0.273 e. The highest BCUT2D eigenvalue weighted by Gasteiger charge is 2.34. The summed E-state index contributed by atoms with van der Waals surface area (Å²) in [5.74, 6) is -0.0993. The van der Waals surface area contributed by atoms with Crippen LogP contribution in [0, 0.1) is 13.8 Å². The molecule has 1 aliphatic rings. The Kier molecular flexibility index (Phi) is 5.29. The number of pyridine rings is 1. The van der Waals surface area contributed by atoms with Gasteiger partial charge < -0.3 is 0 Å². The number of nitrogens with zero attached hydrogens (tertiary/aromatic N) is 5. The van der Waals surface area contributed by atoms with Crippen molar-refractivity contribution >= 4 is 33.6 Å². The van der Waals surface area contributed by atoms with Gasteiger partial charge in [0.15, 0.2) is 0 Å². The molecule has 0 fully saturated rings. The van der Waals surface area contributed by atoms with Gasteiger partial charge >= 0.3 is 0 Å². The lowest BCUT2D eigenvalue weighted by molar-refractivity contribution is -0.130. The number of carbonyl (C=O) groups excluding carboxylic acids is 1. The molecule has 0 saturated heterocycles. The maximum Gasteiger partial charge on any atom is 0.240 e. The van der Waals surface area contributed by atoms with E-state index < -0.39 is 0 Å². The maximum atomic E-state index is 12.7. The van der Waals surface area contributed by atoms with E-state index in [2.05, 4.69) is 47.2 Å². The summed E-state index contributed by atoms with van der Waals surface area (Å²) in [4.78, 5) is 26.5. The van der Waals surface area contributed by atoms with Crippen LogP contribution in [0.1, 0.15) is 41.8 Å². The number of hydrogen-bond acceptors (Lipinski definition) is 5. The Bertz CT molecular complexity index is 1680. The molecule has 5 aromatic rings. The topological polar surface area (TPSA) is 71.3 Å². The van der Waals surface area contributed by atoms with E-state index >= 15 is 0 Å². The Morgan fingerprint density at radius 2 is 1.61 bits per heavy atom. The van der Waals surface area contributed by atoms with Gasteiger partial charge in [-0.15, -0.1) is 0 Å². The van der Waals surface area contributed by atoms with Gasteiger partial charge in [0.1, 0.15) is 0 Å². The Morgan fingerprint density at radius 1 is 0.861 bits per heavy atom. The summed E-state index contributed by atoms with van der Waals surface area (Å²) in [6.07, 6.45) is 3.96. The van der Waals surface area contributed by atoms with E-state index in [1.54, 1.807) is 24.3 Å². The normalized spacial score (nSPS) is 15.5. The Morgan fingerprint density at radius 3 is 2.39 bits per heavy atom. The third-order valence-corrected chi connectivity index (χ3v) is 6.78. The monoisotopic (exact) mass is 471 g/mol. The van der Waals surface area contributed by atoms with Gasteiger partial charge in [0, 0.05) is 47.9 Å². The first-order valence-corrected chi connectivity index (χ1v) is 12.0.